The van der Waals surface area contributed by atoms with Crippen molar-refractivity contribution in [3.63, 3.8) is 0 Å². The van der Waals surface area contributed by atoms with Crippen molar-refractivity contribution in [3.05, 3.63) is 0 Å². The second-order valence-corrected chi connectivity index (χ2v) is 6.72. The molecule has 1 heterocycles. The van der Waals surface area contributed by atoms with E-state index in [0.29, 0.717) is 4.31 Å². The van der Waals surface area contributed by atoms with Crippen LogP contribution in [0, 0.1) is 11.8 Å². The first kappa shape index (κ1) is 13.1. The molecular formula is C9H15F3N2O2S. The van der Waals surface area contributed by atoms with Gasteiger partial charge < -0.3 is 5.73 Å². The van der Waals surface area contributed by atoms with Crippen LogP contribution in [-0.2, 0) is 10.0 Å². The van der Waals surface area contributed by atoms with Crippen LogP contribution in [0.2, 0.25) is 0 Å². The van der Waals surface area contributed by atoms with Crippen LogP contribution in [-0.4, -0.2) is 37.4 Å². The largest absolute Gasteiger partial charge is 0.511 e. The molecule has 0 spiro atoms. The van der Waals surface area contributed by atoms with Gasteiger partial charge in [0, 0.05) is 19.1 Å². The Morgan fingerprint density at radius 3 is 2.35 bits per heavy atom. The third kappa shape index (κ3) is 2.17. The summed E-state index contributed by atoms with van der Waals surface area (Å²) in [6.45, 7) is -0.131. The standard InChI is InChI=1S/C9H15F3N2O2S/c10-9(11,12)17(15,16)14-4-6-2-1-3-8(13)7(6)5-14/h6-8H,1-5,13H2. The van der Waals surface area contributed by atoms with Gasteiger partial charge in [-0.25, -0.2) is 8.42 Å². The van der Waals surface area contributed by atoms with E-state index in [2.05, 4.69) is 0 Å². The molecule has 17 heavy (non-hydrogen) atoms. The first-order valence-corrected chi connectivity index (χ1v) is 6.99. The summed E-state index contributed by atoms with van der Waals surface area (Å²) >= 11 is 0. The monoisotopic (exact) mass is 272 g/mol. The summed E-state index contributed by atoms with van der Waals surface area (Å²) in [7, 11) is -5.18. The van der Waals surface area contributed by atoms with Crippen LogP contribution in [0.25, 0.3) is 0 Å². The van der Waals surface area contributed by atoms with E-state index in [1.54, 1.807) is 0 Å². The minimum atomic E-state index is -5.20. The summed E-state index contributed by atoms with van der Waals surface area (Å²) in [5, 5.41) is 0. The van der Waals surface area contributed by atoms with Crippen molar-refractivity contribution in [2.24, 2.45) is 17.6 Å². The highest BCUT2D eigenvalue weighted by Gasteiger charge is 2.54. The predicted octanol–water partition coefficient (Wildman–Crippen LogP) is 0.895. The Balaban J connectivity index is 2.17. The number of fused-ring (bicyclic) bond motifs is 1. The fraction of sp³-hybridized carbons (Fsp3) is 1.00. The second kappa shape index (κ2) is 4.10. The van der Waals surface area contributed by atoms with Crippen LogP contribution >= 0.6 is 0 Å². The first-order chi connectivity index (χ1) is 7.73. The number of hydrogen-bond donors (Lipinski definition) is 1. The molecule has 0 aromatic carbocycles. The van der Waals surface area contributed by atoms with Gasteiger partial charge in [0.05, 0.1) is 0 Å². The Hall–Kier alpha value is -0.340. The van der Waals surface area contributed by atoms with Crippen molar-refractivity contribution in [2.75, 3.05) is 13.1 Å². The van der Waals surface area contributed by atoms with Gasteiger partial charge in [-0.05, 0) is 24.7 Å². The Labute approximate surface area is 98.0 Å². The normalized spacial score (nSPS) is 35.9. The molecule has 8 heteroatoms. The number of sulfonamides is 1. The zero-order chi connectivity index (χ0) is 12.8. The van der Waals surface area contributed by atoms with E-state index in [0.717, 1.165) is 19.3 Å². The SMILES string of the molecule is NC1CCCC2CN(S(=O)(=O)C(F)(F)F)CC12. The van der Waals surface area contributed by atoms with Gasteiger partial charge in [-0.1, -0.05) is 6.42 Å². The molecule has 2 rings (SSSR count). The number of halogens is 3. The zero-order valence-electron chi connectivity index (χ0n) is 9.15. The quantitative estimate of drug-likeness (QED) is 0.771. The third-order valence-corrected chi connectivity index (χ3v) is 5.32. The highest BCUT2D eigenvalue weighted by molar-refractivity contribution is 7.90. The van der Waals surface area contributed by atoms with Crippen LogP contribution < -0.4 is 5.73 Å². The molecule has 3 atom stereocenters. The van der Waals surface area contributed by atoms with E-state index < -0.39 is 15.5 Å². The molecule has 1 saturated heterocycles. The number of nitrogens with two attached hydrogens (primary N) is 1. The zero-order valence-corrected chi connectivity index (χ0v) is 9.97. The van der Waals surface area contributed by atoms with Crippen molar-refractivity contribution in [2.45, 2.75) is 30.8 Å². The van der Waals surface area contributed by atoms with Crippen LogP contribution in [0.4, 0.5) is 13.2 Å². The average molecular weight is 272 g/mol. The second-order valence-electron chi connectivity index (χ2n) is 4.79. The van der Waals surface area contributed by atoms with Gasteiger partial charge in [-0.2, -0.15) is 17.5 Å². The van der Waals surface area contributed by atoms with Crippen LogP contribution in [0.5, 0.6) is 0 Å². The van der Waals surface area contributed by atoms with Gasteiger partial charge in [0.1, 0.15) is 0 Å². The number of alkyl halides is 3. The van der Waals surface area contributed by atoms with Gasteiger partial charge in [-0.3, -0.25) is 0 Å². The lowest BCUT2D eigenvalue weighted by Crippen LogP contribution is -2.41. The van der Waals surface area contributed by atoms with Crippen LogP contribution in [0.15, 0.2) is 0 Å². The summed E-state index contributed by atoms with van der Waals surface area (Å²) in [5.74, 6) is -0.142. The summed E-state index contributed by atoms with van der Waals surface area (Å²) in [4.78, 5) is 0. The Morgan fingerprint density at radius 2 is 1.82 bits per heavy atom. The maximum absolute atomic E-state index is 12.4. The molecule has 1 aliphatic heterocycles. The molecule has 1 aliphatic carbocycles. The molecule has 100 valence electrons. The van der Waals surface area contributed by atoms with Crippen molar-refractivity contribution >= 4 is 10.0 Å². The van der Waals surface area contributed by atoms with E-state index in [1.807, 2.05) is 0 Å². The topological polar surface area (TPSA) is 63.4 Å². The van der Waals surface area contributed by atoms with E-state index >= 15 is 0 Å². The summed E-state index contributed by atoms with van der Waals surface area (Å²) in [5.41, 5.74) is 0.628. The molecule has 0 bridgehead atoms. The first-order valence-electron chi connectivity index (χ1n) is 5.55. The highest BCUT2D eigenvalue weighted by Crippen LogP contribution is 2.39. The smallest absolute Gasteiger partial charge is 0.327 e. The van der Waals surface area contributed by atoms with Gasteiger partial charge in [0.2, 0.25) is 0 Å². The molecule has 4 nitrogen and oxygen atoms in total. The maximum Gasteiger partial charge on any atom is 0.511 e. The van der Waals surface area contributed by atoms with Gasteiger partial charge >= 0.3 is 15.5 Å². The van der Waals surface area contributed by atoms with Gasteiger partial charge in [-0.15, -0.1) is 0 Å². The minimum absolute atomic E-state index is 0.0177. The Bertz CT molecular complexity index is 396. The number of hydrogen-bond acceptors (Lipinski definition) is 3. The van der Waals surface area contributed by atoms with Crippen LogP contribution in [0.3, 0.4) is 0 Å². The molecule has 3 unspecified atom stereocenters. The lowest BCUT2D eigenvalue weighted by atomic mass is 9.78. The predicted molar refractivity (Wildman–Crippen MR) is 55.4 cm³/mol. The highest BCUT2D eigenvalue weighted by atomic mass is 32.2. The van der Waals surface area contributed by atoms with E-state index in [1.165, 1.54) is 0 Å². The fourth-order valence-electron chi connectivity index (χ4n) is 2.82. The molecule has 0 amide bonds. The van der Waals surface area contributed by atoms with Crippen molar-refractivity contribution in [1.29, 1.82) is 0 Å². The lowest BCUT2D eigenvalue weighted by molar-refractivity contribution is -0.0484. The van der Waals surface area contributed by atoms with E-state index in [4.69, 9.17) is 5.73 Å². The lowest BCUT2D eigenvalue weighted by Gasteiger charge is -2.29. The van der Waals surface area contributed by atoms with Crippen molar-refractivity contribution in [1.82, 2.24) is 4.31 Å². The average Bonchev–Trinajstić information content (AvgIpc) is 2.61. The molecule has 0 aromatic heterocycles. The molecule has 2 N–H and O–H groups in total. The third-order valence-electron chi connectivity index (χ3n) is 3.75. The fourth-order valence-corrected chi connectivity index (χ4v) is 3.87. The molecule has 1 saturated carbocycles. The Kier molecular flexibility index (Phi) is 3.16. The molecule has 2 aliphatic rings. The molecule has 0 radical (unpaired) electrons. The number of rotatable bonds is 1. The van der Waals surface area contributed by atoms with Crippen molar-refractivity contribution < 1.29 is 21.6 Å². The molecule has 2 fully saturated rings. The Morgan fingerprint density at radius 1 is 1.18 bits per heavy atom. The minimum Gasteiger partial charge on any atom is -0.327 e. The van der Waals surface area contributed by atoms with E-state index in [-0.39, 0.29) is 31.0 Å². The number of nitrogens with zero attached hydrogens (tertiary/aromatic N) is 1. The maximum atomic E-state index is 12.4. The molecule has 0 aromatic rings. The summed E-state index contributed by atoms with van der Waals surface area (Å²) in [6.07, 6.45) is 2.39. The summed E-state index contributed by atoms with van der Waals surface area (Å²) in [6, 6.07) is -0.179. The van der Waals surface area contributed by atoms with Gasteiger partial charge in [0.25, 0.3) is 0 Å². The summed E-state index contributed by atoms with van der Waals surface area (Å²) < 4.78 is 60.3. The van der Waals surface area contributed by atoms with Crippen LogP contribution in [0.1, 0.15) is 19.3 Å². The van der Waals surface area contributed by atoms with Crippen molar-refractivity contribution in [3.8, 4) is 0 Å². The molecular weight excluding hydrogens is 257 g/mol. The van der Waals surface area contributed by atoms with E-state index in [9.17, 15) is 21.6 Å². The van der Waals surface area contributed by atoms with Gasteiger partial charge in [0.15, 0.2) is 0 Å².